The van der Waals surface area contributed by atoms with Crippen LogP contribution in [-0.2, 0) is 21.4 Å². The summed E-state index contributed by atoms with van der Waals surface area (Å²) in [7, 11) is -3.59. The standard InChI is InChI=1S/C14H16N2O3S3/c17-13(8-15-22(18,19)14-2-1-6-21-14)16(12-3-4-12)9-11-5-7-20-10-11/h1-2,5-7,10,12,15H,3-4,8-9H2. The Bertz CT molecular complexity index is 719. The topological polar surface area (TPSA) is 66.5 Å². The molecule has 0 atom stereocenters. The van der Waals surface area contributed by atoms with Gasteiger partial charge in [0.15, 0.2) is 0 Å². The number of hydrogen-bond acceptors (Lipinski definition) is 5. The molecule has 1 amide bonds. The van der Waals surface area contributed by atoms with E-state index in [4.69, 9.17) is 0 Å². The van der Waals surface area contributed by atoms with Gasteiger partial charge >= 0.3 is 0 Å². The maximum absolute atomic E-state index is 12.4. The summed E-state index contributed by atoms with van der Waals surface area (Å²) < 4.78 is 26.7. The SMILES string of the molecule is O=C(CNS(=O)(=O)c1cccs1)N(Cc1ccsc1)C1CC1. The molecular formula is C14H16N2O3S3. The summed E-state index contributed by atoms with van der Waals surface area (Å²) in [4.78, 5) is 14.1. The Morgan fingerprint density at radius 1 is 1.32 bits per heavy atom. The van der Waals surface area contributed by atoms with Crippen molar-refractivity contribution in [1.29, 1.82) is 0 Å². The molecule has 0 saturated heterocycles. The fraction of sp³-hybridized carbons (Fsp3) is 0.357. The van der Waals surface area contributed by atoms with Crippen molar-refractivity contribution in [3.05, 3.63) is 39.9 Å². The lowest BCUT2D eigenvalue weighted by Gasteiger charge is -2.22. The van der Waals surface area contributed by atoms with Gasteiger partial charge in [-0.25, -0.2) is 13.1 Å². The quantitative estimate of drug-likeness (QED) is 0.828. The van der Waals surface area contributed by atoms with Crippen LogP contribution in [-0.4, -0.2) is 31.8 Å². The zero-order chi connectivity index (χ0) is 15.6. The summed E-state index contributed by atoms with van der Waals surface area (Å²) in [6.45, 7) is 0.356. The summed E-state index contributed by atoms with van der Waals surface area (Å²) >= 11 is 2.73. The fourth-order valence-corrected chi connectivity index (χ4v) is 4.80. The molecule has 2 aromatic heterocycles. The molecule has 1 aliphatic carbocycles. The van der Waals surface area contributed by atoms with Crippen molar-refractivity contribution < 1.29 is 13.2 Å². The molecule has 1 fully saturated rings. The first-order valence-electron chi connectivity index (χ1n) is 6.90. The average Bonchev–Trinajstić information content (AvgIpc) is 2.97. The van der Waals surface area contributed by atoms with Crippen molar-refractivity contribution in [2.24, 2.45) is 0 Å². The predicted molar refractivity (Wildman–Crippen MR) is 87.4 cm³/mol. The van der Waals surface area contributed by atoms with E-state index in [1.165, 1.54) is 6.07 Å². The molecule has 5 nitrogen and oxygen atoms in total. The lowest BCUT2D eigenvalue weighted by Crippen LogP contribution is -2.40. The number of amides is 1. The number of hydrogen-bond donors (Lipinski definition) is 1. The molecule has 0 bridgehead atoms. The van der Waals surface area contributed by atoms with E-state index < -0.39 is 10.0 Å². The maximum atomic E-state index is 12.4. The Labute approximate surface area is 137 Å². The second-order valence-electron chi connectivity index (χ2n) is 5.14. The number of nitrogens with one attached hydrogen (secondary N) is 1. The molecular weight excluding hydrogens is 340 g/mol. The van der Waals surface area contributed by atoms with Crippen LogP contribution in [0.2, 0.25) is 0 Å². The van der Waals surface area contributed by atoms with E-state index in [1.807, 2.05) is 16.8 Å². The highest BCUT2D eigenvalue weighted by Gasteiger charge is 2.33. The molecule has 2 heterocycles. The van der Waals surface area contributed by atoms with Gasteiger partial charge in [-0.2, -0.15) is 11.3 Å². The molecule has 8 heteroatoms. The highest BCUT2D eigenvalue weighted by Crippen LogP contribution is 2.28. The van der Waals surface area contributed by atoms with Gasteiger partial charge in [-0.3, -0.25) is 4.79 Å². The van der Waals surface area contributed by atoms with Crippen LogP contribution in [0.1, 0.15) is 18.4 Å². The van der Waals surface area contributed by atoms with Gasteiger partial charge in [0.05, 0.1) is 6.54 Å². The Balaban J connectivity index is 1.62. The maximum Gasteiger partial charge on any atom is 0.250 e. The minimum atomic E-state index is -3.59. The van der Waals surface area contributed by atoms with Crippen molar-refractivity contribution in [3.8, 4) is 0 Å². The van der Waals surface area contributed by atoms with Gasteiger partial charge in [-0.15, -0.1) is 11.3 Å². The number of nitrogens with zero attached hydrogens (tertiary/aromatic N) is 1. The Morgan fingerprint density at radius 2 is 2.14 bits per heavy atom. The first-order valence-corrected chi connectivity index (χ1v) is 10.2. The smallest absolute Gasteiger partial charge is 0.250 e. The first-order chi connectivity index (χ1) is 10.6. The normalized spacial score (nSPS) is 14.9. The van der Waals surface area contributed by atoms with Crippen LogP contribution in [0.3, 0.4) is 0 Å². The highest BCUT2D eigenvalue weighted by atomic mass is 32.2. The largest absolute Gasteiger partial charge is 0.334 e. The number of carbonyl (C=O) groups excluding carboxylic acids is 1. The van der Waals surface area contributed by atoms with Gasteiger partial charge in [0.2, 0.25) is 5.91 Å². The Morgan fingerprint density at radius 3 is 2.73 bits per heavy atom. The van der Waals surface area contributed by atoms with E-state index >= 15 is 0 Å². The van der Waals surface area contributed by atoms with Crippen LogP contribution in [0.25, 0.3) is 0 Å². The average molecular weight is 356 g/mol. The molecule has 2 aromatic rings. The number of sulfonamides is 1. The van der Waals surface area contributed by atoms with E-state index in [9.17, 15) is 13.2 Å². The zero-order valence-corrected chi connectivity index (χ0v) is 14.2. The number of rotatable bonds is 7. The van der Waals surface area contributed by atoms with Crippen LogP contribution in [0.5, 0.6) is 0 Å². The molecule has 118 valence electrons. The molecule has 0 aromatic carbocycles. The summed E-state index contributed by atoms with van der Waals surface area (Å²) in [6.07, 6.45) is 1.99. The van der Waals surface area contributed by atoms with Gasteiger partial charge in [0.25, 0.3) is 10.0 Å². The summed E-state index contributed by atoms with van der Waals surface area (Å²) in [6, 6.07) is 5.44. The third-order valence-electron chi connectivity index (χ3n) is 3.41. The molecule has 3 rings (SSSR count). The third kappa shape index (κ3) is 3.75. The van der Waals surface area contributed by atoms with E-state index in [2.05, 4.69) is 4.72 Å². The first kappa shape index (κ1) is 15.7. The van der Waals surface area contributed by atoms with Crippen molar-refractivity contribution >= 4 is 38.6 Å². The van der Waals surface area contributed by atoms with Crippen molar-refractivity contribution in [1.82, 2.24) is 9.62 Å². The van der Waals surface area contributed by atoms with Crippen LogP contribution in [0, 0.1) is 0 Å². The van der Waals surface area contributed by atoms with Gasteiger partial charge in [-0.05, 0) is 46.7 Å². The van der Waals surface area contributed by atoms with Gasteiger partial charge in [0, 0.05) is 12.6 Å². The zero-order valence-electron chi connectivity index (χ0n) is 11.8. The van der Waals surface area contributed by atoms with E-state index in [0.29, 0.717) is 6.54 Å². The molecule has 0 spiro atoms. The molecule has 0 unspecified atom stereocenters. The van der Waals surface area contributed by atoms with Gasteiger partial charge < -0.3 is 4.90 Å². The molecule has 1 N–H and O–H groups in total. The minimum Gasteiger partial charge on any atom is -0.334 e. The van der Waals surface area contributed by atoms with Gasteiger partial charge in [0.1, 0.15) is 4.21 Å². The second kappa shape index (κ2) is 6.49. The molecule has 0 aliphatic heterocycles. The van der Waals surface area contributed by atoms with Crippen molar-refractivity contribution in [3.63, 3.8) is 0 Å². The van der Waals surface area contributed by atoms with E-state index in [-0.39, 0.29) is 22.7 Å². The van der Waals surface area contributed by atoms with Gasteiger partial charge in [-0.1, -0.05) is 6.07 Å². The fourth-order valence-electron chi connectivity index (χ4n) is 2.13. The van der Waals surface area contributed by atoms with E-state index in [0.717, 1.165) is 29.7 Å². The van der Waals surface area contributed by atoms with E-state index in [1.54, 1.807) is 27.7 Å². The lowest BCUT2D eigenvalue weighted by molar-refractivity contribution is -0.131. The summed E-state index contributed by atoms with van der Waals surface area (Å²) in [5.41, 5.74) is 1.09. The third-order valence-corrected chi connectivity index (χ3v) is 6.95. The highest BCUT2D eigenvalue weighted by molar-refractivity contribution is 7.91. The molecule has 1 aliphatic rings. The molecule has 1 saturated carbocycles. The molecule has 22 heavy (non-hydrogen) atoms. The van der Waals surface area contributed by atoms with Crippen LogP contribution >= 0.6 is 22.7 Å². The van der Waals surface area contributed by atoms with Crippen molar-refractivity contribution in [2.45, 2.75) is 29.6 Å². The van der Waals surface area contributed by atoms with Crippen LogP contribution in [0.4, 0.5) is 0 Å². The summed E-state index contributed by atoms with van der Waals surface area (Å²) in [5, 5.41) is 5.69. The Kier molecular flexibility index (Phi) is 4.62. The number of thiophene rings is 2. The Hall–Kier alpha value is -1.22. The van der Waals surface area contributed by atoms with Crippen LogP contribution < -0.4 is 4.72 Å². The monoisotopic (exact) mass is 356 g/mol. The predicted octanol–water partition coefficient (Wildman–Crippen LogP) is 2.28. The van der Waals surface area contributed by atoms with Crippen LogP contribution in [0.15, 0.2) is 38.5 Å². The lowest BCUT2D eigenvalue weighted by atomic mass is 10.3. The van der Waals surface area contributed by atoms with Crippen molar-refractivity contribution in [2.75, 3.05) is 6.54 Å². The minimum absolute atomic E-state index is 0.172. The number of carbonyl (C=O) groups is 1. The molecule has 0 radical (unpaired) electrons. The summed E-state index contributed by atoms with van der Waals surface area (Å²) in [5.74, 6) is -0.172. The second-order valence-corrected chi connectivity index (χ2v) is 8.86.